The van der Waals surface area contributed by atoms with Crippen LogP contribution in [0.2, 0.25) is 0 Å². The summed E-state index contributed by atoms with van der Waals surface area (Å²) in [6, 6.07) is 7.97. The molecule has 0 amide bonds. The number of nitrogen functional groups attached to an aromatic ring is 1. The van der Waals surface area contributed by atoms with E-state index in [1.54, 1.807) is 7.11 Å². The molecule has 0 unspecified atom stereocenters. The first-order chi connectivity index (χ1) is 12.6. The van der Waals surface area contributed by atoms with Crippen LogP contribution >= 0.6 is 15.9 Å². The Morgan fingerprint density at radius 2 is 2.08 bits per heavy atom. The molecule has 3 aromatic rings. The van der Waals surface area contributed by atoms with Crippen LogP contribution in [0.3, 0.4) is 0 Å². The Balaban J connectivity index is 1.95. The second-order valence-electron chi connectivity index (χ2n) is 6.20. The average molecular weight is 418 g/mol. The molecule has 0 bridgehead atoms. The van der Waals surface area contributed by atoms with Gasteiger partial charge in [-0.25, -0.2) is 4.98 Å². The minimum absolute atomic E-state index is 0.285. The van der Waals surface area contributed by atoms with E-state index in [0.29, 0.717) is 6.54 Å². The number of fused-ring (bicyclic) bond motifs is 1. The first-order valence-corrected chi connectivity index (χ1v) is 9.60. The fourth-order valence-corrected chi connectivity index (χ4v) is 3.42. The topological polar surface area (TPSA) is 78.0 Å². The van der Waals surface area contributed by atoms with Crippen molar-refractivity contribution < 1.29 is 4.74 Å². The van der Waals surface area contributed by atoms with Gasteiger partial charge in [-0.1, -0.05) is 35.7 Å². The zero-order chi connectivity index (χ0) is 18.5. The lowest BCUT2D eigenvalue weighted by Gasteiger charge is -2.13. The zero-order valence-electron chi connectivity index (χ0n) is 15.1. The van der Waals surface area contributed by atoms with E-state index in [-0.39, 0.29) is 5.95 Å². The molecule has 6 nitrogen and oxygen atoms in total. The van der Waals surface area contributed by atoms with Crippen molar-refractivity contribution in [1.29, 1.82) is 0 Å². The van der Waals surface area contributed by atoms with Crippen molar-refractivity contribution in [3.05, 3.63) is 40.5 Å². The zero-order valence-corrected chi connectivity index (χ0v) is 16.7. The molecule has 7 heteroatoms. The number of hydrogen-bond acceptors (Lipinski definition) is 5. The van der Waals surface area contributed by atoms with E-state index in [2.05, 4.69) is 48.8 Å². The maximum Gasteiger partial charge on any atom is 0.222 e. The molecule has 1 aromatic carbocycles. The lowest BCUT2D eigenvalue weighted by Crippen LogP contribution is -2.09. The molecule has 0 saturated carbocycles. The molecule has 3 rings (SSSR count). The van der Waals surface area contributed by atoms with Crippen molar-refractivity contribution in [3.63, 3.8) is 0 Å². The summed E-state index contributed by atoms with van der Waals surface area (Å²) in [7, 11) is 1.69. The van der Waals surface area contributed by atoms with Gasteiger partial charge in [-0.3, -0.25) is 0 Å². The Kier molecular flexibility index (Phi) is 5.98. The van der Waals surface area contributed by atoms with Gasteiger partial charge in [-0.2, -0.15) is 4.98 Å². The van der Waals surface area contributed by atoms with Crippen molar-refractivity contribution in [3.8, 4) is 5.75 Å². The molecular formula is C19H24BrN5O. The van der Waals surface area contributed by atoms with Crippen LogP contribution in [0.15, 0.2) is 34.9 Å². The van der Waals surface area contributed by atoms with Gasteiger partial charge < -0.3 is 20.4 Å². The Morgan fingerprint density at radius 3 is 2.85 bits per heavy atom. The number of nitrogens with zero attached hydrogens (tertiary/aromatic N) is 3. The number of nitrogens with two attached hydrogens (primary N) is 1. The van der Waals surface area contributed by atoms with Crippen LogP contribution in [0.4, 0.5) is 11.8 Å². The Bertz CT molecular complexity index is 893. The molecule has 26 heavy (non-hydrogen) atoms. The normalized spacial score (nSPS) is 11.0. The fourth-order valence-electron chi connectivity index (χ4n) is 3.02. The molecule has 0 aliphatic heterocycles. The van der Waals surface area contributed by atoms with Gasteiger partial charge in [0.2, 0.25) is 5.95 Å². The van der Waals surface area contributed by atoms with E-state index in [9.17, 15) is 0 Å². The van der Waals surface area contributed by atoms with Crippen LogP contribution in [0, 0.1) is 0 Å². The molecule has 0 saturated heterocycles. The van der Waals surface area contributed by atoms with Crippen molar-refractivity contribution in [2.45, 2.75) is 32.7 Å². The Labute approximate surface area is 161 Å². The molecule has 2 heterocycles. The standard InChI is InChI=1S/C19H24BrN5O/c1-3-4-5-9-22-18-17-15(23-19(21)24-18)8-10-25(17)12-13-11-14(20)6-7-16(13)26-2/h6-8,10-11H,3-5,9,12H2,1-2H3,(H3,21,22,23,24). The van der Waals surface area contributed by atoms with Crippen LogP contribution in [0.1, 0.15) is 31.7 Å². The number of rotatable bonds is 8. The van der Waals surface area contributed by atoms with E-state index in [1.807, 2.05) is 24.4 Å². The Morgan fingerprint density at radius 1 is 1.23 bits per heavy atom. The molecule has 0 fully saturated rings. The third kappa shape index (κ3) is 4.09. The van der Waals surface area contributed by atoms with Crippen molar-refractivity contribution in [2.75, 3.05) is 24.7 Å². The number of aromatic nitrogens is 3. The van der Waals surface area contributed by atoms with E-state index < -0.39 is 0 Å². The molecule has 0 spiro atoms. The van der Waals surface area contributed by atoms with Crippen LogP contribution in [-0.2, 0) is 6.54 Å². The quantitative estimate of drug-likeness (QED) is 0.529. The number of halogens is 1. The molecule has 0 radical (unpaired) electrons. The van der Waals surface area contributed by atoms with Crippen LogP contribution in [0.25, 0.3) is 11.0 Å². The summed E-state index contributed by atoms with van der Waals surface area (Å²) >= 11 is 3.53. The van der Waals surface area contributed by atoms with Gasteiger partial charge >= 0.3 is 0 Å². The maximum atomic E-state index is 5.88. The molecular weight excluding hydrogens is 394 g/mol. The molecule has 3 N–H and O–H groups in total. The summed E-state index contributed by atoms with van der Waals surface area (Å²) in [5.74, 6) is 1.92. The number of nitrogens with one attached hydrogen (secondary N) is 1. The highest BCUT2D eigenvalue weighted by atomic mass is 79.9. The fraction of sp³-hybridized carbons (Fsp3) is 0.368. The van der Waals surface area contributed by atoms with Gasteiger partial charge in [-0.15, -0.1) is 0 Å². The number of methoxy groups -OCH3 is 1. The second-order valence-corrected chi connectivity index (χ2v) is 7.11. The predicted molar refractivity (Wildman–Crippen MR) is 110 cm³/mol. The largest absolute Gasteiger partial charge is 0.496 e. The highest BCUT2D eigenvalue weighted by Crippen LogP contribution is 2.28. The number of ether oxygens (including phenoxy) is 1. The van der Waals surface area contributed by atoms with Gasteiger partial charge in [0.05, 0.1) is 19.2 Å². The molecule has 0 aliphatic rings. The average Bonchev–Trinajstić information content (AvgIpc) is 3.01. The molecule has 138 valence electrons. The molecule has 0 atom stereocenters. The maximum absolute atomic E-state index is 5.88. The SMILES string of the molecule is CCCCCNc1nc(N)nc2ccn(Cc3cc(Br)ccc3OC)c12. The third-order valence-electron chi connectivity index (χ3n) is 4.28. The second kappa shape index (κ2) is 8.40. The van der Waals surface area contributed by atoms with Gasteiger partial charge in [0.25, 0.3) is 0 Å². The van der Waals surface area contributed by atoms with Crippen molar-refractivity contribution in [1.82, 2.24) is 14.5 Å². The molecule has 0 aliphatic carbocycles. The van der Waals surface area contributed by atoms with Crippen LogP contribution < -0.4 is 15.8 Å². The molecule has 2 aromatic heterocycles. The summed E-state index contributed by atoms with van der Waals surface area (Å²) in [6.07, 6.45) is 5.48. The minimum Gasteiger partial charge on any atom is -0.496 e. The van der Waals surface area contributed by atoms with Gasteiger partial charge in [0.1, 0.15) is 11.3 Å². The summed E-state index contributed by atoms with van der Waals surface area (Å²) in [6.45, 7) is 3.71. The Hall–Kier alpha value is -2.28. The number of benzene rings is 1. The summed E-state index contributed by atoms with van der Waals surface area (Å²) in [5.41, 5.74) is 8.76. The lowest BCUT2D eigenvalue weighted by atomic mass is 10.2. The van der Waals surface area contributed by atoms with Crippen LogP contribution in [0.5, 0.6) is 5.75 Å². The summed E-state index contributed by atoms with van der Waals surface area (Å²) in [5, 5.41) is 3.42. The minimum atomic E-state index is 0.285. The van der Waals surface area contributed by atoms with Crippen LogP contribution in [-0.4, -0.2) is 28.2 Å². The number of unbranched alkanes of at least 4 members (excludes halogenated alkanes) is 2. The smallest absolute Gasteiger partial charge is 0.222 e. The van der Waals surface area contributed by atoms with Crippen molar-refractivity contribution >= 4 is 38.7 Å². The van der Waals surface area contributed by atoms with E-state index in [4.69, 9.17) is 10.5 Å². The lowest BCUT2D eigenvalue weighted by molar-refractivity contribution is 0.408. The van der Waals surface area contributed by atoms with Gasteiger partial charge in [-0.05, 0) is 30.7 Å². The first kappa shape index (κ1) is 18.5. The van der Waals surface area contributed by atoms with Gasteiger partial charge in [0, 0.05) is 22.8 Å². The summed E-state index contributed by atoms with van der Waals surface area (Å²) < 4.78 is 8.64. The van der Waals surface area contributed by atoms with Crippen molar-refractivity contribution in [2.24, 2.45) is 0 Å². The first-order valence-electron chi connectivity index (χ1n) is 8.81. The number of hydrogen-bond donors (Lipinski definition) is 2. The monoisotopic (exact) mass is 417 g/mol. The van der Waals surface area contributed by atoms with E-state index in [0.717, 1.165) is 45.6 Å². The third-order valence-corrected chi connectivity index (χ3v) is 4.78. The predicted octanol–water partition coefficient (Wildman–Crippen LogP) is 4.44. The summed E-state index contributed by atoms with van der Waals surface area (Å²) in [4.78, 5) is 8.80. The highest BCUT2D eigenvalue weighted by molar-refractivity contribution is 9.10. The van der Waals surface area contributed by atoms with Gasteiger partial charge in [0.15, 0.2) is 5.82 Å². The number of anilines is 2. The van der Waals surface area contributed by atoms with E-state index in [1.165, 1.54) is 12.8 Å². The highest BCUT2D eigenvalue weighted by Gasteiger charge is 2.13. The van der Waals surface area contributed by atoms with E-state index >= 15 is 0 Å².